The van der Waals surface area contributed by atoms with Gasteiger partial charge in [0.15, 0.2) is 0 Å². The van der Waals surface area contributed by atoms with Crippen molar-refractivity contribution in [2.24, 2.45) is 0 Å². The van der Waals surface area contributed by atoms with E-state index in [0.29, 0.717) is 29.7 Å². The Morgan fingerprint density at radius 1 is 1.29 bits per heavy atom. The van der Waals surface area contributed by atoms with Gasteiger partial charge in [-0.15, -0.1) is 0 Å². The number of halogens is 1. The molecule has 1 aliphatic rings. The summed E-state index contributed by atoms with van der Waals surface area (Å²) in [5.74, 6) is -0.664. The molecule has 0 saturated carbocycles. The van der Waals surface area contributed by atoms with E-state index in [9.17, 15) is 17.9 Å². The average Bonchev–Trinajstić information content (AvgIpc) is 2.62. The maximum atomic E-state index is 14.0. The molecule has 2 heterocycles. The highest BCUT2D eigenvalue weighted by molar-refractivity contribution is 7.89. The van der Waals surface area contributed by atoms with Crippen LogP contribution in [0.1, 0.15) is 38.8 Å². The third-order valence-electron chi connectivity index (χ3n) is 5.47. The van der Waals surface area contributed by atoms with Crippen molar-refractivity contribution < 1.29 is 17.9 Å². The molecule has 28 heavy (non-hydrogen) atoms. The van der Waals surface area contributed by atoms with Gasteiger partial charge < -0.3 is 5.11 Å². The van der Waals surface area contributed by atoms with E-state index in [1.807, 2.05) is 0 Å². The van der Waals surface area contributed by atoms with Crippen molar-refractivity contribution in [2.45, 2.75) is 63.1 Å². The number of pyridine rings is 1. The first-order chi connectivity index (χ1) is 13.2. The number of hydrogen-bond acceptors (Lipinski definition) is 5. The largest absolute Gasteiger partial charge is 0.390 e. The number of aryl methyl sites for hydroxylation is 1. The standard InChI is InChI=1S/C20H28FN3O3S/c1-13-7-8-18-19(23-13)9-16(21)10-20(18)28(26,27)22-11-17(25)12-24-14(2)5-4-6-15(24)3/h7-10,14-15,17,22,25H,4-6,11-12H2,1-3H3/t14-,15+,17-/m1/s1. The molecule has 3 atom stereocenters. The van der Waals surface area contributed by atoms with Crippen LogP contribution in [0, 0.1) is 12.7 Å². The Morgan fingerprint density at radius 3 is 2.64 bits per heavy atom. The van der Waals surface area contributed by atoms with Crippen molar-refractivity contribution in [2.75, 3.05) is 13.1 Å². The summed E-state index contributed by atoms with van der Waals surface area (Å²) in [5.41, 5.74) is 0.964. The SMILES string of the molecule is Cc1ccc2c(S(=O)(=O)NC[C@@H](O)CN3[C@H](C)CCC[C@@H]3C)cc(F)cc2n1. The van der Waals surface area contributed by atoms with Crippen LogP contribution in [0.15, 0.2) is 29.2 Å². The second-order valence-electron chi connectivity index (χ2n) is 7.75. The first kappa shape index (κ1) is 21.1. The summed E-state index contributed by atoms with van der Waals surface area (Å²) in [6.07, 6.45) is 2.47. The Kier molecular flexibility index (Phi) is 6.34. The van der Waals surface area contributed by atoms with Gasteiger partial charge in [-0.1, -0.05) is 6.42 Å². The van der Waals surface area contributed by atoms with Crippen LogP contribution in [0.3, 0.4) is 0 Å². The number of aliphatic hydroxyl groups is 1. The van der Waals surface area contributed by atoms with Crippen molar-refractivity contribution in [3.8, 4) is 0 Å². The molecular formula is C20H28FN3O3S. The number of nitrogens with zero attached hydrogens (tertiary/aromatic N) is 2. The second-order valence-corrected chi connectivity index (χ2v) is 9.49. The van der Waals surface area contributed by atoms with Crippen LogP contribution in [-0.4, -0.2) is 54.7 Å². The summed E-state index contributed by atoms with van der Waals surface area (Å²) in [4.78, 5) is 6.26. The second kappa shape index (κ2) is 8.41. The molecule has 0 spiro atoms. The summed E-state index contributed by atoms with van der Waals surface area (Å²) >= 11 is 0. The topological polar surface area (TPSA) is 82.5 Å². The van der Waals surface area contributed by atoms with E-state index in [-0.39, 0.29) is 17.0 Å². The molecule has 0 radical (unpaired) electrons. The van der Waals surface area contributed by atoms with E-state index in [1.54, 1.807) is 19.1 Å². The van der Waals surface area contributed by atoms with Gasteiger partial charge in [0.25, 0.3) is 0 Å². The summed E-state index contributed by atoms with van der Waals surface area (Å²) in [7, 11) is -3.99. The van der Waals surface area contributed by atoms with Gasteiger partial charge in [-0.05, 0) is 51.8 Å². The zero-order valence-corrected chi connectivity index (χ0v) is 17.3. The molecule has 3 rings (SSSR count). The molecule has 1 fully saturated rings. The van der Waals surface area contributed by atoms with Gasteiger partial charge in [-0.3, -0.25) is 9.88 Å². The number of aromatic nitrogens is 1. The van der Waals surface area contributed by atoms with E-state index < -0.39 is 21.9 Å². The minimum atomic E-state index is -3.99. The minimum absolute atomic E-state index is 0.129. The fourth-order valence-electron chi connectivity index (χ4n) is 3.92. The molecular weight excluding hydrogens is 381 g/mol. The number of rotatable bonds is 6. The number of benzene rings is 1. The average molecular weight is 410 g/mol. The first-order valence-electron chi connectivity index (χ1n) is 9.68. The molecule has 1 saturated heterocycles. The number of sulfonamides is 1. The molecule has 0 unspecified atom stereocenters. The zero-order valence-electron chi connectivity index (χ0n) is 16.5. The van der Waals surface area contributed by atoms with E-state index in [1.165, 1.54) is 12.5 Å². The third kappa shape index (κ3) is 4.68. The summed E-state index contributed by atoms with van der Waals surface area (Å²) in [6, 6.07) is 6.23. The Hall–Kier alpha value is -1.61. The zero-order chi connectivity index (χ0) is 20.5. The number of fused-ring (bicyclic) bond motifs is 1. The van der Waals surface area contributed by atoms with Gasteiger partial charge in [-0.25, -0.2) is 17.5 Å². The maximum Gasteiger partial charge on any atom is 0.241 e. The van der Waals surface area contributed by atoms with E-state index in [0.717, 1.165) is 18.9 Å². The molecule has 2 aromatic rings. The lowest BCUT2D eigenvalue weighted by Crippen LogP contribution is -2.49. The fraction of sp³-hybridized carbons (Fsp3) is 0.550. The number of likely N-dealkylation sites (tertiary alicyclic amines) is 1. The number of aliphatic hydroxyl groups excluding tert-OH is 1. The van der Waals surface area contributed by atoms with Gasteiger partial charge in [0, 0.05) is 42.3 Å². The Bertz CT molecular complexity index is 936. The van der Waals surface area contributed by atoms with Crippen molar-refractivity contribution in [3.05, 3.63) is 35.8 Å². The molecule has 154 valence electrons. The summed E-state index contributed by atoms with van der Waals surface area (Å²) < 4.78 is 42.0. The van der Waals surface area contributed by atoms with Gasteiger partial charge in [-0.2, -0.15) is 0 Å². The van der Waals surface area contributed by atoms with Crippen molar-refractivity contribution in [3.63, 3.8) is 0 Å². The van der Waals surface area contributed by atoms with Gasteiger partial charge in [0.2, 0.25) is 10.0 Å². The Labute approximate surface area is 165 Å². The number of nitrogens with one attached hydrogen (secondary N) is 1. The molecule has 0 aliphatic carbocycles. The fourth-order valence-corrected chi connectivity index (χ4v) is 5.22. The van der Waals surface area contributed by atoms with Crippen LogP contribution in [0.5, 0.6) is 0 Å². The van der Waals surface area contributed by atoms with E-state index in [2.05, 4.69) is 28.5 Å². The van der Waals surface area contributed by atoms with Crippen molar-refractivity contribution in [1.82, 2.24) is 14.6 Å². The van der Waals surface area contributed by atoms with Crippen LogP contribution >= 0.6 is 0 Å². The van der Waals surface area contributed by atoms with Crippen LogP contribution in [0.2, 0.25) is 0 Å². The molecule has 1 aliphatic heterocycles. The lowest BCUT2D eigenvalue weighted by atomic mass is 9.97. The maximum absolute atomic E-state index is 14.0. The number of β-amino-alcohol motifs (C(OH)–C–C–N with tert-alkyl or cyclic N) is 1. The molecule has 2 N–H and O–H groups in total. The predicted octanol–water partition coefficient (Wildman–Crippen LogP) is 2.58. The van der Waals surface area contributed by atoms with Crippen molar-refractivity contribution in [1.29, 1.82) is 0 Å². The Balaban J connectivity index is 1.74. The molecule has 1 aromatic heterocycles. The van der Waals surface area contributed by atoms with Gasteiger partial charge in [0.05, 0.1) is 16.5 Å². The Morgan fingerprint density at radius 2 is 1.96 bits per heavy atom. The molecule has 0 amide bonds. The molecule has 1 aromatic carbocycles. The van der Waals surface area contributed by atoms with Crippen LogP contribution in [0.25, 0.3) is 10.9 Å². The van der Waals surface area contributed by atoms with Crippen LogP contribution in [-0.2, 0) is 10.0 Å². The highest BCUT2D eigenvalue weighted by atomic mass is 32.2. The first-order valence-corrected chi connectivity index (χ1v) is 11.2. The van der Waals surface area contributed by atoms with E-state index in [4.69, 9.17) is 0 Å². The lowest BCUT2D eigenvalue weighted by molar-refractivity contribution is 0.0438. The quantitative estimate of drug-likeness (QED) is 0.766. The predicted molar refractivity (Wildman–Crippen MR) is 107 cm³/mol. The molecule has 0 bridgehead atoms. The summed E-state index contributed by atoms with van der Waals surface area (Å²) in [5, 5.41) is 10.8. The highest BCUT2D eigenvalue weighted by Gasteiger charge is 2.27. The monoisotopic (exact) mass is 409 g/mol. The van der Waals surface area contributed by atoms with Crippen LogP contribution < -0.4 is 4.72 Å². The highest BCUT2D eigenvalue weighted by Crippen LogP contribution is 2.24. The van der Waals surface area contributed by atoms with Gasteiger partial charge >= 0.3 is 0 Å². The van der Waals surface area contributed by atoms with Crippen molar-refractivity contribution >= 4 is 20.9 Å². The smallest absolute Gasteiger partial charge is 0.241 e. The minimum Gasteiger partial charge on any atom is -0.390 e. The van der Waals surface area contributed by atoms with E-state index >= 15 is 0 Å². The molecule has 6 nitrogen and oxygen atoms in total. The lowest BCUT2D eigenvalue weighted by Gasteiger charge is -2.40. The summed E-state index contributed by atoms with van der Waals surface area (Å²) in [6.45, 7) is 6.28. The molecule has 8 heteroatoms. The van der Waals surface area contributed by atoms with Gasteiger partial charge in [0.1, 0.15) is 5.82 Å². The number of hydrogen-bond donors (Lipinski definition) is 2. The number of piperidine rings is 1. The normalized spacial score (nSPS) is 22.5. The third-order valence-corrected chi connectivity index (χ3v) is 6.93. The van der Waals surface area contributed by atoms with Crippen LogP contribution in [0.4, 0.5) is 4.39 Å².